The number of thioether (sulfide) groups is 1. The molecule has 1 aliphatic heterocycles. The lowest BCUT2D eigenvalue weighted by Gasteiger charge is -2.23. The lowest BCUT2D eigenvalue weighted by atomic mass is 10.1. The summed E-state index contributed by atoms with van der Waals surface area (Å²) >= 11 is 1.24. The van der Waals surface area contributed by atoms with Gasteiger partial charge in [0.05, 0.1) is 26.0 Å². The Hall–Kier alpha value is -2.67. The summed E-state index contributed by atoms with van der Waals surface area (Å²) in [7, 11) is 1.62. The fourth-order valence-corrected chi connectivity index (χ4v) is 3.38. The predicted octanol–water partition coefficient (Wildman–Crippen LogP) is 4.14. The molecule has 3 rings (SSSR count). The van der Waals surface area contributed by atoms with Crippen LogP contribution in [-0.4, -0.2) is 35.4 Å². The first kappa shape index (κ1) is 19.1. The molecule has 0 saturated heterocycles. The Morgan fingerprint density at radius 2 is 1.96 bits per heavy atom. The molecule has 7 heteroatoms. The minimum absolute atomic E-state index is 0.0634. The zero-order valence-corrected chi connectivity index (χ0v) is 16.3. The van der Waals surface area contributed by atoms with E-state index in [1.165, 1.54) is 16.8 Å². The van der Waals surface area contributed by atoms with Gasteiger partial charge in [-0.05, 0) is 42.3 Å². The zero-order chi connectivity index (χ0) is 19.2. The molecule has 0 aromatic heterocycles. The van der Waals surface area contributed by atoms with Gasteiger partial charge in [0.2, 0.25) is 0 Å². The van der Waals surface area contributed by atoms with Gasteiger partial charge < -0.3 is 15.2 Å². The van der Waals surface area contributed by atoms with Gasteiger partial charge >= 0.3 is 5.24 Å². The number of hydrogen-bond donors (Lipinski definition) is 1. The van der Waals surface area contributed by atoms with E-state index in [9.17, 15) is 4.79 Å². The summed E-state index contributed by atoms with van der Waals surface area (Å²) in [5.41, 5.74) is 9.15. The Kier molecular flexibility index (Phi) is 6.24. The molecule has 6 nitrogen and oxygen atoms in total. The molecule has 2 aromatic carbocycles. The summed E-state index contributed by atoms with van der Waals surface area (Å²) in [4.78, 5) is 12.3. The van der Waals surface area contributed by atoms with Crippen molar-refractivity contribution in [2.75, 3.05) is 25.2 Å². The molecule has 2 aromatic rings. The number of benzene rings is 2. The Balaban J connectivity index is 1.84. The third kappa shape index (κ3) is 4.74. The lowest BCUT2D eigenvalue weighted by molar-refractivity contribution is 0.222. The van der Waals surface area contributed by atoms with Crippen LogP contribution in [0, 0.1) is 0 Å². The molecule has 0 spiro atoms. The number of hydrazone groups is 1. The van der Waals surface area contributed by atoms with Crippen molar-refractivity contribution in [2.45, 2.75) is 19.9 Å². The minimum Gasteiger partial charge on any atom is -0.493 e. The molecule has 1 aliphatic rings. The smallest absolute Gasteiger partial charge is 0.302 e. The number of ether oxygens (including phenoxy) is 2. The van der Waals surface area contributed by atoms with E-state index in [0.717, 1.165) is 23.3 Å². The summed E-state index contributed by atoms with van der Waals surface area (Å²) in [5, 5.41) is 6.01. The fraction of sp³-hybridized carbons (Fsp3) is 0.300. The van der Waals surface area contributed by atoms with E-state index in [2.05, 4.69) is 12.0 Å². The van der Waals surface area contributed by atoms with E-state index >= 15 is 0 Å². The van der Waals surface area contributed by atoms with Gasteiger partial charge in [0.1, 0.15) is 0 Å². The van der Waals surface area contributed by atoms with Crippen LogP contribution >= 0.6 is 11.8 Å². The van der Waals surface area contributed by atoms with Crippen molar-refractivity contribution < 1.29 is 14.3 Å². The number of amides is 1. The van der Waals surface area contributed by atoms with Gasteiger partial charge in [-0.3, -0.25) is 4.79 Å². The van der Waals surface area contributed by atoms with Gasteiger partial charge in [0.25, 0.3) is 0 Å². The number of methoxy groups -OCH3 is 1. The second-order valence-electron chi connectivity index (χ2n) is 6.11. The van der Waals surface area contributed by atoms with Gasteiger partial charge in [-0.2, -0.15) is 5.10 Å². The summed E-state index contributed by atoms with van der Waals surface area (Å²) < 4.78 is 11.2. The van der Waals surface area contributed by atoms with Crippen LogP contribution in [0.5, 0.6) is 11.5 Å². The molecule has 1 amide bonds. The molecule has 0 bridgehead atoms. The van der Waals surface area contributed by atoms with Crippen molar-refractivity contribution in [3.63, 3.8) is 0 Å². The van der Waals surface area contributed by atoms with Crippen LogP contribution in [0.25, 0.3) is 0 Å². The Morgan fingerprint density at radius 3 is 2.67 bits per heavy atom. The third-order valence-electron chi connectivity index (χ3n) is 4.06. The second-order valence-corrected chi connectivity index (χ2v) is 7.04. The molecule has 0 saturated carbocycles. The first-order chi connectivity index (χ1) is 13.1. The van der Waals surface area contributed by atoms with Gasteiger partial charge in [0, 0.05) is 17.0 Å². The number of carbonyl (C=O) groups is 1. The first-order valence-electron chi connectivity index (χ1n) is 8.78. The van der Waals surface area contributed by atoms with Crippen molar-refractivity contribution >= 4 is 28.4 Å². The van der Waals surface area contributed by atoms with Crippen LogP contribution in [-0.2, 0) is 6.54 Å². The third-order valence-corrected chi connectivity index (χ3v) is 4.93. The normalized spacial score (nSPS) is 14.1. The number of anilines is 1. The topological polar surface area (TPSA) is 77.1 Å². The van der Waals surface area contributed by atoms with Crippen molar-refractivity contribution in [1.29, 1.82) is 0 Å². The summed E-state index contributed by atoms with van der Waals surface area (Å²) in [6.45, 7) is 3.08. The van der Waals surface area contributed by atoms with Crippen LogP contribution in [0.4, 0.5) is 10.5 Å². The molecule has 0 unspecified atom stereocenters. The summed E-state index contributed by atoms with van der Waals surface area (Å²) in [6, 6.07) is 13.2. The molecule has 0 aliphatic carbocycles. The summed E-state index contributed by atoms with van der Waals surface area (Å²) in [6.07, 6.45) is 0.911. The molecule has 0 atom stereocenters. The standard InChI is InChI=1S/C20H23N3O3S/c1-3-10-26-19-11-15(6-9-18(19)25-2)17-13-27-20(24)23(22-17)12-14-4-7-16(21)8-5-14/h4-9,11H,3,10,12-13,21H2,1-2H3. The lowest BCUT2D eigenvalue weighted by Crippen LogP contribution is -2.29. The molecule has 142 valence electrons. The fourth-order valence-electron chi connectivity index (χ4n) is 2.64. The van der Waals surface area contributed by atoms with Crippen molar-refractivity contribution in [2.24, 2.45) is 5.10 Å². The highest BCUT2D eigenvalue weighted by atomic mass is 32.2. The number of nitrogen functional groups attached to an aromatic ring is 1. The van der Waals surface area contributed by atoms with Gasteiger partial charge in [-0.25, -0.2) is 5.01 Å². The maximum absolute atomic E-state index is 12.3. The van der Waals surface area contributed by atoms with E-state index in [4.69, 9.17) is 15.2 Å². The van der Waals surface area contributed by atoms with Crippen molar-refractivity contribution in [3.8, 4) is 11.5 Å². The zero-order valence-electron chi connectivity index (χ0n) is 15.5. The maximum Gasteiger partial charge on any atom is 0.302 e. The highest BCUT2D eigenvalue weighted by Gasteiger charge is 2.23. The SMILES string of the molecule is CCCOc1cc(C2=NN(Cc3ccc(N)cc3)C(=O)SC2)ccc1OC. The number of hydrogen-bond acceptors (Lipinski definition) is 6. The molecule has 0 radical (unpaired) electrons. The second kappa shape index (κ2) is 8.81. The molecule has 0 fully saturated rings. The Bertz CT molecular complexity index is 837. The average Bonchev–Trinajstić information content (AvgIpc) is 2.69. The van der Waals surface area contributed by atoms with Gasteiger partial charge in [-0.1, -0.05) is 30.8 Å². The van der Waals surface area contributed by atoms with Gasteiger partial charge in [0.15, 0.2) is 11.5 Å². The number of nitrogens with two attached hydrogens (primary N) is 1. The maximum atomic E-state index is 12.3. The predicted molar refractivity (Wildman–Crippen MR) is 110 cm³/mol. The molecule has 27 heavy (non-hydrogen) atoms. The van der Waals surface area contributed by atoms with E-state index in [-0.39, 0.29) is 5.24 Å². The van der Waals surface area contributed by atoms with E-state index in [0.29, 0.717) is 36.1 Å². The highest BCUT2D eigenvalue weighted by Crippen LogP contribution is 2.30. The molecule has 2 N–H and O–H groups in total. The van der Waals surface area contributed by atoms with Crippen molar-refractivity contribution in [3.05, 3.63) is 53.6 Å². The van der Waals surface area contributed by atoms with E-state index in [1.54, 1.807) is 7.11 Å². The van der Waals surface area contributed by atoms with Crippen molar-refractivity contribution in [1.82, 2.24) is 5.01 Å². The minimum atomic E-state index is -0.0634. The monoisotopic (exact) mass is 385 g/mol. The number of carbonyl (C=O) groups excluding carboxylic acids is 1. The van der Waals surface area contributed by atoms with Crippen LogP contribution in [0.1, 0.15) is 24.5 Å². The molecular weight excluding hydrogens is 362 g/mol. The molecule has 1 heterocycles. The highest BCUT2D eigenvalue weighted by molar-refractivity contribution is 8.14. The van der Waals surface area contributed by atoms with E-state index < -0.39 is 0 Å². The van der Waals surface area contributed by atoms with Gasteiger partial charge in [-0.15, -0.1) is 0 Å². The van der Waals surface area contributed by atoms with Crippen LogP contribution < -0.4 is 15.2 Å². The average molecular weight is 385 g/mol. The van der Waals surface area contributed by atoms with Crippen LogP contribution in [0.3, 0.4) is 0 Å². The largest absolute Gasteiger partial charge is 0.493 e. The Labute approximate surface area is 163 Å². The van der Waals surface area contributed by atoms with Crippen LogP contribution in [0.15, 0.2) is 47.6 Å². The molecular formula is C20H23N3O3S. The Morgan fingerprint density at radius 1 is 1.19 bits per heavy atom. The first-order valence-corrected chi connectivity index (χ1v) is 9.76. The number of nitrogens with zero attached hydrogens (tertiary/aromatic N) is 2. The van der Waals surface area contributed by atoms with E-state index in [1.807, 2.05) is 42.5 Å². The number of rotatable bonds is 7. The quantitative estimate of drug-likeness (QED) is 0.725. The van der Waals surface area contributed by atoms with Crippen LogP contribution in [0.2, 0.25) is 0 Å². The summed E-state index contributed by atoms with van der Waals surface area (Å²) in [5.74, 6) is 1.90.